The monoisotopic (exact) mass is 401 g/mol. The fourth-order valence-corrected chi connectivity index (χ4v) is 1.73. The Morgan fingerprint density at radius 3 is 2.68 bits per heavy atom. The molecule has 0 aliphatic heterocycles. The van der Waals surface area contributed by atoms with Crippen LogP contribution in [0.1, 0.15) is 12.7 Å². The molecule has 0 saturated heterocycles. The summed E-state index contributed by atoms with van der Waals surface area (Å²) in [6, 6.07) is 3.64. The van der Waals surface area contributed by atoms with Gasteiger partial charge in [-0.15, -0.1) is 24.0 Å². The minimum atomic E-state index is -2.96. The number of aliphatic imine (C=N–C) groups is 1. The quantitative estimate of drug-likeness (QED) is 0.422. The van der Waals surface area contributed by atoms with Crippen molar-refractivity contribution in [2.45, 2.75) is 13.5 Å². The number of halogens is 1. The average molecular weight is 401 g/mol. The second-order valence-electron chi connectivity index (χ2n) is 3.83. The molecule has 0 aliphatic rings. The number of furan rings is 1. The van der Waals surface area contributed by atoms with E-state index in [2.05, 4.69) is 15.6 Å². The molecule has 0 radical (unpaired) electrons. The summed E-state index contributed by atoms with van der Waals surface area (Å²) in [4.78, 5) is 4.28. The molecule has 0 spiro atoms. The zero-order valence-electron chi connectivity index (χ0n) is 11.0. The predicted molar refractivity (Wildman–Crippen MR) is 86.7 cm³/mol. The van der Waals surface area contributed by atoms with Crippen molar-refractivity contribution in [3.05, 3.63) is 24.2 Å². The Kier molecular flexibility index (Phi) is 8.81. The largest absolute Gasteiger partial charge is 0.467 e. The van der Waals surface area contributed by atoms with Crippen LogP contribution in [0.4, 0.5) is 0 Å². The molecule has 1 heterocycles. The molecule has 1 rings (SSSR count). The lowest BCUT2D eigenvalue weighted by molar-refractivity contribution is 0.512. The Morgan fingerprint density at radius 1 is 1.42 bits per heavy atom. The number of nitrogens with zero attached hydrogens (tertiary/aromatic N) is 1. The Hall–Kier alpha value is -0.770. The zero-order chi connectivity index (χ0) is 13.4. The van der Waals surface area contributed by atoms with Gasteiger partial charge in [0.05, 0.1) is 12.0 Å². The third-order valence-corrected chi connectivity index (χ3v) is 3.03. The van der Waals surface area contributed by atoms with Crippen LogP contribution in [-0.2, 0) is 16.4 Å². The van der Waals surface area contributed by atoms with Gasteiger partial charge in [-0.3, -0.25) is 0 Å². The maximum atomic E-state index is 11.0. The van der Waals surface area contributed by atoms with Crippen LogP contribution in [0.2, 0.25) is 0 Å². The average Bonchev–Trinajstić information content (AvgIpc) is 2.77. The number of hydrogen-bond acceptors (Lipinski definition) is 4. The van der Waals surface area contributed by atoms with Gasteiger partial charge in [0.2, 0.25) is 0 Å². The number of rotatable bonds is 6. The highest BCUT2D eigenvalue weighted by Crippen LogP contribution is 2.00. The Balaban J connectivity index is 0.00000324. The molecule has 110 valence electrons. The molecule has 0 aliphatic carbocycles. The van der Waals surface area contributed by atoms with Crippen LogP contribution in [-0.4, -0.2) is 39.5 Å². The third kappa shape index (κ3) is 8.87. The first-order chi connectivity index (χ1) is 8.51. The smallest absolute Gasteiger partial charge is 0.191 e. The summed E-state index contributed by atoms with van der Waals surface area (Å²) in [5, 5.41) is 5.99. The molecule has 0 amide bonds. The summed E-state index contributed by atoms with van der Waals surface area (Å²) >= 11 is 0. The van der Waals surface area contributed by atoms with E-state index in [1.54, 1.807) is 12.3 Å². The summed E-state index contributed by atoms with van der Waals surface area (Å²) in [5.74, 6) is 1.42. The van der Waals surface area contributed by atoms with Gasteiger partial charge in [0.15, 0.2) is 5.96 Å². The first-order valence-electron chi connectivity index (χ1n) is 5.73. The van der Waals surface area contributed by atoms with Crippen LogP contribution in [0, 0.1) is 0 Å². The van der Waals surface area contributed by atoms with E-state index < -0.39 is 9.84 Å². The first kappa shape index (κ1) is 18.2. The zero-order valence-corrected chi connectivity index (χ0v) is 14.2. The molecule has 19 heavy (non-hydrogen) atoms. The Labute approximate surface area is 131 Å². The lowest BCUT2D eigenvalue weighted by Crippen LogP contribution is -2.39. The third-order valence-electron chi connectivity index (χ3n) is 2.08. The van der Waals surface area contributed by atoms with Crippen molar-refractivity contribution < 1.29 is 12.8 Å². The van der Waals surface area contributed by atoms with Gasteiger partial charge in [-0.2, -0.15) is 0 Å². The maximum absolute atomic E-state index is 11.0. The summed E-state index contributed by atoms with van der Waals surface area (Å²) < 4.78 is 27.2. The fraction of sp³-hybridized carbons (Fsp3) is 0.545. The number of nitrogens with one attached hydrogen (secondary N) is 2. The molecule has 0 atom stereocenters. The van der Waals surface area contributed by atoms with Crippen LogP contribution in [0.15, 0.2) is 27.8 Å². The number of sulfone groups is 1. The lowest BCUT2D eigenvalue weighted by Gasteiger charge is -2.10. The van der Waals surface area contributed by atoms with Crippen molar-refractivity contribution in [3.8, 4) is 0 Å². The van der Waals surface area contributed by atoms with Crippen molar-refractivity contribution in [2.75, 3.05) is 25.1 Å². The van der Waals surface area contributed by atoms with Crippen LogP contribution >= 0.6 is 24.0 Å². The van der Waals surface area contributed by atoms with E-state index in [4.69, 9.17) is 4.42 Å². The van der Waals surface area contributed by atoms with E-state index >= 15 is 0 Å². The molecular formula is C11H20IN3O3S. The van der Waals surface area contributed by atoms with Gasteiger partial charge in [0, 0.05) is 19.3 Å². The molecule has 0 fully saturated rings. The summed E-state index contributed by atoms with van der Waals surface area (Å²) in [5.41, 5.74) is 0. The predicted octanol–water partition coefficient (Wildman–Crippen LogP) is 0.997. The molecule has 1 aromatic rings. The van der Waals surface area contributed by atoms with E-state index in [1.807, 2.05) is 13.0 Å². The summed E-state index contributed by atoms with van der Waals surface area (Å²) in [6.07, 6.45) is 2.80. The van der Waals surface area contributed by atoms with E-state index in [0.29, 0.717) is 25.6 Å². The molecule has 6 nitrogen and oxygen atoms in total. The topological polar surface area (TPSA) is 83.7 Å². The lowest BCUT2D eigenvalue weighted by atomic mass is 10.4. The molecule has 1 aromatic heterocycles. The number of hydrogen-bond donors (Lipinski definition) is 2. The minimum absolute atomic E-state index is 0. The molecular weight excluding hydrogens is 381 g/mol. The molecule has 0 bridgehead atoms. The van der Waals surface area contributed by atoms with Gasteiger partial charge in [-0.05, 0) is 19.1 Å². The SMILES string of the molecule is CCNC(=NCc1ccco1)NCCS(C)(=O)=O.I. The standard InChI is InChI=1S/C11H19N3O3S.HI/c1-3-12-11(13-6-8-18(2,15)16)14-9-10-5-4-7-17-10;/h4-5,7H,3,6,8-9H2,1-2H3,(H2,12,13,14);1H. The van der Waals surface area contributed by atoms with Gasteiger partial charge in [-0.1, -0.05) is 0 Å². The van der Waals surface area contributed by atoms with E-state index in [0.717, 1.165) is 5.76 Å². The summed E-state index contributed by atoms with van der Waals surface area (Å²) in [6.45, 7) is 3.41. The highest BCUT2D eigenvalue weighted by molar-refractivity contribution is 14.0. The van der Waals surface area contributed by atoms with Crippen molar-refractivity contribution in [1.82, 2.24) is 10.6 Å². The molecule has 8 heteroatoms. The van der Waals surface area contributed by atoms with E-state index in [1.165, 1.54) is 6.26 Å². The minimum Gasteiger partial charge on any atom is -0.467 e. The van der Waals surface area contributed by atoms with Gasteiger partial charge >= 0.3 is 0 Å². The van der Waals surface area contributed by atoms with Gasteiger partial charge in [0.25, 0.3) is 0 Å². The van der Waals surface area contributed by atoms with Crippen LogP contribution in [0.3, 0.4) is 0 Å². The van der Waals surface area contributed by atoms with Crippen LogP contribution < -0.4 is 10.6 Å². The fourth-order valence-electron chi connectivity index (χ4n) is 1.26. The van der Waals surface area contributed by atoms with Crippen molar-refractivity contribution >= 4 is 39.8 Å². The van der Waals surface area contributed by atoms with Gasteiger partial charge in [0.1, 0.15) is 22.1 Å². The second kappa shape index (κ2) is 9.18. The van der Waals surface area contributed by atoms with Crippen molar-refractivity contribution in [1.29, 1.82) is 0 Å². The van der Waals surface area contributed by atoms with Crippen molar-refractivity contribution in [2.24, 2.45) is 4.99 Å². The molecule has 2 N–H and O–H groups in total. The highest BCUT2D eigenvalue weighted by Gasteiger charge is 2.03. The Bertz CT molecular complexity index is 471. The van der Waals surface area contributed by atoms with Crippen molar-refractivity contribution in [3.63, 3.8) is 0 Å². The molecule has 0 saturated carbocycles. The summed E-state index contributed by atoms with van der Waals surface area (Å²) in [7, 11) is -2.96. The maximum Gasteiger partial charge on any atom is 0.191 e. The van der Waals surface area contributed by atoms with Crippen LogP contribution in [0.5, 0.6) is 0 Å². The molecule has 0 unspecified atom stereocenters. The number of guanidine groups is 1. The first-order valence-corrected chi connectivity index (χ1v) is 7.79. The molecule has 0 aromatic carbocycles. The highest BCUT2D eigenvalue weighted by atomic mass is 127. The van der Waals surface area contributed by atoms with Gasteiger partial charge in [-0.25, -0.2) is 13.4 Å². The van der Waals surface area contributed by atoms with E-state index in [-0.39, 0.29) is 29.7 Å². The van der Waals surface area contributed by atoms with Gasteiger partial charge < -0.3 is 15.1 Å². The second-order valence-corrected chi connectivity index (χ2v) is 6.09. The van der Waals surface area contributed by atoms with E-state index in [9.17, 15) is 8.42 Å². The van der Waals surface area contributed by atoms with Crippen LogP contribution in [0.25, 0.3) is 0 Å². The normalized spacial score (nSPS) is 11.8. The Morgan fingerprint density at radius 2 is 2.16 bits per heavy atom.